The minimum Gasteiger partial charge on any atom is -0.363 e. The molecule has 0 N–H and O–H groups in total. The van der Waals surface area contributed by atoms with Crippen molar-refractivity contribution in [2.75, 3.05) is 12.9 Å². The molecule has 1 aromatic heterocycles. The third-order valence-corrected chi connectivity index (χ3v) is 6.60. The predicted molar refractivity (Wildman–Crippen MR) is 93.2 cm³/mol. The van der Waals surface area contributed by atoms with Gasteiger partial charge in [-0.2, -0.15) is 8.42 Å². The second kappa shape index (κ2) is 5.75. The number of rotatable bonds is 2. The maximum absolute atomic E-state index is 11.4. The predicted octanol–water partition coefficient (Wildman–Crippen LogP) is 2.64. The molecule has 0 radical (unpaired) electrons. The Morgan fingerprint density at radius 3 is 2.83 bits per heavy atom. The topological polar surface area (TPSA) is 79.7 Å². The molecule has 130 valence electrons. The monoisotopic (exact) mass is 480 g/mol. The number of ether oxygens (including phenoxy) is 2. The Hall–Kier alpha value is -0.520. The SMILES string of the molecule is Cc1c(Br)cc2nc3n(c2c1Br)[C@H]1OC[C@@H](OS(C)(=O)=O)[C@H]1OC3. The van der Waals surface area contributed by atoms with Crippen molar-refractivity contribution in [1.82, 2.24) is 9.55 Å². The molecule has 7 nitrogen and oxygen atoms in total. The minimum atomic E-state index is -3.59. The number of benzene rings is 1. The van der Waals surface area contributed by atoms with Crippen LogP contribution in [0.3, 0.4) is 0 Å². The molecule has 0 bridgehead atoms. The van der Waals surface area contributed by atoms with Crippen molar-refractivity contribution in [2.24, 2.45) is 0 Å². The first kappa shape index (κ1) is 16.9. The van der Waals surface area contributed by atoms with Gasteiger partial charge in [0.15, 0.2) is 6.23 Å². The molecular formula is C14H14Br2N2O5S. The summed E-state index contributed by atoms with van der Waals surface area (Å²) in [7, 11) is -3.59. The second-order valence-corrected chi connectivity index (χ2v) is 9.15. The maximum Gasteiger partial charge on any atom is 0.264 e. The van der Waals surface area contributed by atoms with Crippen LogP contribution >= 0.6 is 31.9 Å². The summed E-state index contributed by atoms with van der Waals surface area (Å²) in [6, 6.07) is 1.95. The van der Waals surface area contributed by atoms with Gasteiger partial charge in [-0.15, -0.1) is 0 Å². The van der Waals surface area contributed by atoms with E-state index in [1.807, 2.05) is 17.6 Å². The molecular weight excluding hydrogens is 468 g/mol. The first-order chi connectivity index (χ1) is 11.3. The van der Waals surface area contributed by atoms with Gasteiger partial charge in [0.05, 0.1) is 23.9 Å². The number of hydrogen-bond donors (Lipinski definition) is 0. The third-order valence-electron chi connectivity index (χ3n) is 4.21. The molecule has 0 unspecified atom stereocenters. The summed E-state index contributed by atoms with van der Waals surface area (Å²) in [6.45, 7) is 2.41. The van der Waals surface area contributed by atoms with Crippen LogP contribution in [0.1, 0.15) is 17.6 Å². The molecule has 1 fully saturated rings. The number of aromatic nitrogens is 2. The van der Waals surface area contributed by atoms with Crippen LogP contribution in [0.4, 0.5) is 0 Å². The number of halogens is 2. The van der Waals surface area contributed by atoms with E-state index in [4.69, 9.17) is 13.7 Å². The van der Waals surface area contributed by atoms with Crippen LogP contribution in [0, 0.1) is 6.92 Å². The van der Waals surface area contributed by atoms with Gasteiger partial charge in [-0.1, -0.05) is 15.9 Å². The highest BCUT2D eigenvalue weighted by Crippen LogP contribution is 2.41. The lowest BCUT2D eigenvalue weighted by Gasteiger charge is -2.29. The molecule has 1 saturated heterocycles. The molecule has 1 aromatic carbocycles. The highest BCUT2D eigenvalue weighted by molar-refractivity contribution is 9.11. The van der Waals surface area contributed by atoms with Crippen LogP contribution in [-0.2, 0) is 30.4 Å². The van der Waals surface area contributed by atoms with Crippen LogP contribution < -0.4 is 0 Å². The quantitative estimate of drug-likeness (QED) is 0.613. The molecule has 2 aliphatic rings. The Balaban J connectivity index is 1.82. The van der Waals surface area contributed by atoms with E-state index in [1.165, 1.54) is 0 Å². The average Bonchev–Trinajstić information content (AvgIpc) is 3.04. The zero-order chi connectivity index (χ0) is 17.2. The maximum atomic E-state index is 11.4. The van der Waals surface area contributed by atoms with Crippen LogP contribution in [-0.4, -0.2) is 43.0 Å². The van der Waals surface area contributed by atoms with E-state index in [9.17, 15) is 8.42 Å². The number of nitrogens with zero attached hydrogens (tertiary/aromatic N) is 2. The average molecular weight is 482 g/mol. The molecule has 0 aliphatic carbocycles. The minimum absolute atomic E-state index is 0.147. The van der Waals surface area contributed by atoms with Gasteiger partial charge in [0.1, 0.15) is 24.6 Å². The van der Waals surface area contributed by atoms with Crippen molar-refractivity contribution in [1.29, 1.82) is 0 Å². The largest absolute Gasteiger partial charge is 0.363 e. The van der Waals surface area contributed by atoms with Gasteiger partial charge >= 0.3 is 0 Å². The fraction of sp³-hybridized carbons (Fsp3) is 0.500. The Bertz CT molecular complexity index is 943. The Morgan fingerprint density at radius 2 is 2.12 bits per heavy atom. The van der Waals surface area contributed by atoms with Crippen molar-refractivity contribution in [2.45, 2.75) is 32.0 Å². The lowest BCUT2D eigenvalue weighted by molar-refractivity contribution is -0.0933. The van der Waals surface area contributed by atoms with Gasteiger partial charge < -0.3 is 9.47 Å². The Morgan fingerprint density at radius 1 is 1.38 bits per heavy atom. The highest BCUT2D eigenvalue weighted by Gasteiger charge is 2.46. The smallest absolute Gasteiger partial charge is 0.264 e. The molecule has 0 spiro atoms. The first-order valence-electron chi connectivity index (χ1n) is 7.23. The van der Waals surface area contributed by atoms with Crippen molar-refractivity contribution in [3.8, 4) is 0 Å². The van der Waals surface area contributed by atoms with Gasteiger partial charge in [-0.3, -0.25) is 8.75 Å². The van der Waals surface area contributed by atoms with Gasteiger partial charge in [0.2, 0.25) is 0 Å². The Labute approximate surface area is 155 Å². The van der Waals surface area contributed by atoms with E-state index in [1.54, 1.807) is 0 Å². The fourth-order valence-electron chi connectivity index (χ4n) is 3.16. The molecule has 2 aliphatic heterocycles. The van der Waals surface area contributed by atoms with E-state index < -0.39 is 28.6 Å². The molecule has 3 atom stereocenters. The lowest BCUT2D eigenvalue weighted by Crippen LogP contribution is -2.38. The number of imidazole rings is 1. The zero-order valence-electron chi connectivity index (χ0n) is 12.8. The molecule has 24 heavy (non-hydrogen) atoms. The van der Waals surface area contributed by atoms with Crippen molar-refractivity contribution >= 4 is 53.0 Å². The van der Waals surface area contributed by atoms with Crippen molar-refractivity contribution < 1.29 is 22.1 Å². The Kier molecular flexibility index (Phi) is 4.05. The van der Waals surface area contributed by atoms with Crippen LogP contribution in [0.15, 0.2) is 15.0 Å². The fourth-order valence-corrected chi connectivity index (χ4v) is 5.06. The first-order valence-corrected chi connectivity index (χ1v) is 10.6. The van der Waals surface area contributed by atoms with Gasteiger partial charge in [-0.25, -0.2) is 4.98 Å². The van der Waals surface area contributed by atoms with Crippen LogP contribution in [0.2, 0.25) is 0 Å². The molecule has 2 aromatic rings. The summed E-state index contributed by atoms with van der Waals surface area (Å²) >= 11 is 7.17. The highest BCUT2D eigenvalue weighted by atomic mass is 79.9. The molecule has 4 rings (SSSR count). The number of hydrogen-bond acceptors (Lipinski definition) is 6. The third kappa shape index (κ3) is 2.63. The van der Waals surface area contributed by atoms with Crippen molar-refractivity contribution in [3.05, 3.63) is 26.4 Å². The summed E-state index contributed by atoms with van der Waals surface area (Å²) in [4.78, 5) is 4.61. The molecule has 10 heteroatoms. The van der Waals surface area contributed by atoms with E-state index in [2.05, 4.69) is 36.8 Å². The molecule has 0 amide bonds. The van der Waals surface area contributed by atoms with E-state index in [0.717, 1.165) is 37.6 Å². The summed E-state index contributed by atoms with van der Waals surface area (Å²) in [5.41, 5.74) is 2.77. The summed E-state index contributed by atoms with van der Waals surface area (Å²) in [5.74, 6) is 0.740. The molecule has 3 heterocycles. The van der Waals surface area contributed by atoms with Crippen LogP contribution in [0.5, 0.6) is 0 Å². The lowest BCUT2D eigenvalue weighted by atomic mass is 10.2. The van der Waals surface area contributed by atoms with E-state index >= 15 is 0 Å². The summed E-state index contributed by atoms with van der Waals surface area (Å²) in [5, 5.41) is 0. The van der Waals surface area contributed by atoms with E-state index in [0.29, 0.717) is 0 Å². The zero-order valence-corrected chi connectivity index (χ0v) is 16.8. The van der Waals surface area contributed by atoms with Gasteiger partial charge in [0.25, 0.3) is 10.1 Å². The number of fused-ring (bicyclic) bond motifs is 5. The normalized spacial score (nSPS) is 26.6. The van der Waals surface area contributed by atoms with E-state index in [-0.39, 0.29) is 13.2 Å². The van der Waals surface area contributed by atoms with Gasteiger partial charge in [0, 0.05) is 8.95 Å². The molecule has 0 saturated carbocycles. The standard InChI is InChI=1S/C14H14Br2N2O5S/c1-6-7(15)3-8-12(11(6)16)18-10(17-8)5-21-13-9(4-22-14(13)18)23-24(2,19)20/h3,9,13-14H,4-5H2,1-2H3/t9-,13-,14+/m1/s1. The summed E-state index contributed by atoms with van der Waals surface area (Å²) < 4.78 is 43.4. The van der Waals surface area contributed by atoms with Crippen LogP contribution in [0.25, 0.3) is 11.0 Å². The van der Waals surface area contributed by atoms with Gasteiger partial charge in [-0.05, 0) is 34.5 Å². The summed E-state index contributed by atoms with van der Waals surface area (Å²) in [6.07, 6.45) is -0.604. The second-order valence-electron chi connectivity index (χ2n) is 5.90. The van der Waals surface area contributed by atoms with Crippen molar-refractivity contribution in [3.63, 3.8) is 0 Å².